The van der Waals surface area contributed by atoms with Crippen LogP contribution in [0.3, 0.4) is 0 Å². The van der Waals surface area contributed by atoms with E-state index in [9.17, 15) is 0 Å². The van der Waals surface area contributed by atoms with E-state index in [1.54, 1.807) is 0 Å². The van der Waals surface area contributed by atoms with Gasteiger partial charge in [-0.05, 0) is 31.5 Å². The molecule has 1 aliphatic heterocycles. The maximum absolute atomic E-state index is 6.02. The second kappa shape index (κ2) is 8.05. The van der Waals surface area contributed by atoms with Crippen molar-refractivity contribution in [2.24, 2.45) is 0 Å². The van der Waals surface area contributed by atoms with E-state index in [0.717, 1.165) is 45.1 Å². The van der Waals surface area contributed by atoms with Crippen LogP contribution < -0.4 is 15.0 Å². The first kappa shape index (κ1) is 15.9. The van der Waals surface area contributed by atoms with E-state index < -0.39 is 0 Å². The van der Waals surface area contributed by atoms with Gasteiger partial charge in [0.05, 0.1) is 25.0 Å². The molecule has 0 spiro atoms. The zero-order valence-corrected chi connectivity index (χ0v) is 13.1. The highest BCUT2D eigenvalue weighted by Crippen LogP contribution is 2.31. The van der Waals surface area contributed by atoms with Gasteiger partial charge in [0.25, 0.3) is 0 Å². The molecule has 0 bridgehead atoms. The van der Waals surface area contributed by atoms with Crippen LogP contribution >= 0.6 is 0 Å². The molecule has 0 aliphatic carbocycles. The smallest absolute Gasteiger partial charge is 0.143 e. The first-order valence-electron chi connectivity index (χ1n) is 7.64. The van der Waals surface area contributed by atoms with Gasteiger partial charge in [-0.2, -0.15) is 0 Å². The molecule has 0 radical (unpaired) electrons. The van der Waals surface area contributed by atoms with E-state index in [-0.39, 0.29) is 6.10 Å². The van der Waals surface area contributed by atoms with Crippen LogP contribution in [0.1, 0.15) is 19.4 Å². The zero-order valence-electron chi connectivity index (χ0n) is 13.1. The molecule has 1 aromatic rings. The highest BCUT2D eigenvalue weighted by molar-refractivity contribution is 5.60. The first-order valence-corrected chi connectivity index (χ1v) is 7.64. The minimum absolute atomic E-state index is 0.168. The van der Waals surface area contributed by atoms with Gasteiger partial charge in [-0.1, -0.05) is 12.1 Å². The minimum atomic E-state index is 0.168. The molecule has 1 saturated heterocycles. The number of nitrogens with one attached hydrogen (secondary N) is 1. The van der Waals surface area contributed by atoms with Gasteiger partial charge in [0, 0.05) is 26.2 Å². The van der Waals surface area contributed by atoms with Crippen molar-refractivity contribution in [1.29, 1.82) is 0 Å². The fourth-order valence-electron chi connectivity index (χ4n) is 2.40. The van der Waals surface area contributed by atoms with Crippen molar-refractivity contribution in [2.45, 2.75) is 26.5 Å². The highest BCUT2D eigenvalue weighted by atomic mass is 16.5. The minimum Gasteiger partial charge on any atom is -0.489 e. The fourth-order valence-corrected chi connectivity index (χ4v) is 2.40. The Labute approximate surface area is 127 Å². The summed E-state index contributed by atoms with van der Waals surface area (Å²) in [6.45, 7) is 12.9. The number of benzene rings is 1. The van der Waals surface area contributed by atoms with E-state index in [0.29, 0.717) is 0 Å². The van der Waals surface area contributed by atoms with Crippen molar-refractivity contribution >= 4 is 5.69 Å². The molecule has 1 N–H and O–H groups in total. The van der Waals surface area contributed by atoms with Crippen molar-refractivity contribution in [3.05, 3.63) is 36.4 Å². The van der Waals surface area contributed by atoms with Crippen LogP contribution in [0.15, 0.2) is 30.9 Å². The molecule has 1 aliphatic rings. The molecule has 4 nitrogen and oxygen atoms in total. The Morgan fingerprint density at radius 3 is 2.81 bits per heavy atom. The predicted octanol–water partition coefficient (Wildman–Crippen LogP) is 2.59. The Balaban J connectivity index is 2.15. The third-order valence-electron chi connectivity index (χ3n) is 3.36. The number of nitrogens with zero attached hydrogens (tertiary/aromatic N) is 1. The van der Waals surface area contributed by atoms with Crippen molar-refractivity contribution in [1.82, 2.24) is 5.32 Å². The molecular formula is C17H26N2O2. The molecule has 1 aromatic carbocycles. The fraction of sp³-hybridized carbons (Fsp3) is 0.529. The molecule has 1 fully saturated rings. The van der Waals surface area contributed by atoms with Gasteiger partial charge in [0.1, 0.15) is 5.75 Å². The summed E-state index contributed by atoms with van der Waals surface area (Å²) in [5.41, 5.74) is 2.39. The summed E-state index contributed by atoms with van der Waals surface area (Å²) in [4.78, 5) is 2.34. The van der Waals surface area contributed by atoms with Crippen molar-refractivity contribution in [3.63, 3.8) is 0 Å². The van der Waals surface area contributed by atoms with Crippen LogP contribution in [0, 0.1) is 0 Å². The SMILES string of the molecule is C=CCNCc1ccc(N2CCOCC2)c(OC(C)C)c1. The van der Waals surface area contributed by atoms with Crippen molar-refractivity contribution in [3.8, 4) is 5.75 Å². The zero-order chi connectivity index (χ0) is 15.1. The topological polar surface area (TPSA) is 33.7 Å². The average molecular weight is 290 g/mol. The molecule has 1 heterocycles. The Hall–Kier alpha value is -1.52. The average Bonchev–Trinajstić information content (AvgIpc) is 2.48. The Morgan fingerprint density at radius 2 is 2.14 bits per heavy atom. The number of ether oxygens (including phenoxy) is 2. The van der Waals surface area contributed by atoms with Gasteiger partial charge in [-0.25, -0.2) is 0 Å². The normalized spacial score (nSPS) is 15.3. The lowest BCUT2D eigenvalue weighted by atomic mass is 10.1. The number of rotatable bonds is 7. The lowest BCUT2D eigenvalue weighted by molar-refractivity contribution is 0.122. The lowest BCUT2D eigenvalue weighted by Crippen LogP contribution is -2.36. The van der Waals surface area contributed by atoms with Crippen LogP contribution in [-0.2, 0) is 11.3 Å². The van der Waals surface area contributed by atoms with Crippen molar-refractivity contribution in [2.75, 3.05) is 37.7 Å². The summed E-state index contributed by atoms with van der Waals surface area (Å²) in [5, 5.41) is 3.32. The van der Waals surface area contributed by atoms with Gasteiger partial charge in [-0.3, -0.25) is 0 Å². The van der Waals surface area contributed by atoms with E-state index >= 15 is 0 Å². The number of anilines is 1. The van der Waals surface area contributed by atoms with Gasteiger partial charge >= 0.3 is 0 Å². The Kier molecular flexibility index (Phi) is 6.08. The van der Waals surface area contributed by atoms with Gasteiger partial charge in [0.15, 0.2) is 0 Å². The molecule has 0 unspecified atom stereocenters. The van der Waals surface area contributed by atoms with Gasteiger partial charge in [0.2, 0.25) is 0 Å². The molecule has 0 aromatic heterocycles. The summed E-state index contributed by atoms with van der Waals surface area (Å²) >= 11 is 0. The summed E-state index contributed by atoms with van der Waals surface area (Å²) in [5.74, 6) is 0.963. The standard InChI is InChI=1S/C17H26N2O2/c1-4-7-18-13-15-5-6-16(17(12-15)21-14(2)3)19-8-10-20-11-9-19/h4-6,12,14,18H,1,7-11,13H2,2-3H3. The van der Waals surface area contributed by atoms with E-state index in [4.69, 9.17) is 9.47 Å². The number of hydrogen-bond acceptors (Lipinski definition) is 4. The number of morpholine rings is 1. The molecule has 4 heteroatoms. The number of hydrogen-bond donors (Lipinski definition) is 1. The summed E-state index contributed by atoms with van der Waals surface area (Å²) < 4.78 is 11.4. The molecule has 0 atom stereocenters. The van der Waals surface area contributed by atoms with Crippen molar-refractivity contribution < 1.29 is 9.47 Å². The lowest BCUT2D eigenvalue weighted by Gasteiger charge is -2.31. The maximum atomic E-state index is 6.02. The summed E-state index contributed by atoms with van der Waals surface area (Å²) in [6.07, 6.45) is 2.04. The van der Waals surface area contributed by atoms with Crippen LogP contribution in [0.25, 0.3) is 0 Å². The van der Waals surface area contributed by atoms with Gasteiger partial charge in [-0.15, -0.1) is 6.58 Å². The third-order valence-corrected chi connectivity index (χ3v) is 3.36. The molecule has 116 valence electrons. The third kappa shape index (κ3) is 4.76. The van der Waals surface area contributed by atoms with Crippen LogP contribution in [0.4, 0.5) is 5.69 Å². The maximum Gasteiger partial charge on any atom is 0.143 e. The van der Waals surface area contributed by atoms with Crippen LogP contribution in [0.5, 0.6) is 5.75 Å². The summed E-state index contributed by atoms with van der Waals surface area (Å²) in [6, 6.07) is 6.46. The predicted molar refractivity (Wildman–Crippen MR) is 87.1 cm³/mol. The summed E-state index contributed by atoms with van der Waals surface area (Å²) in [7, 11) is 0. The molecule has 0 amide bonds. The van der Waals surface area contributed by atoms with E-state index in [1.165, 1.54) is 11.3 Å². The van der Waals surface area contributed by atoms with E-state index in [2.05, 4.69) is 48.8 Å². The second-order valence-corrected chi connectivity index (χ2v) is 5.49. The Morgan fingerprint density at radius 1 is 1.38 bits per heavy atom. The largest absolute Gasteiger partial charge is 0.489 e. The molecule has 21 heavy (non-hydrogen) atoms. The highest BCUT2D eigenvalue weighted by Gasteiger charge is 2.16. The Bertz CT molecular complexity index is 454. The van der Waals surface area contributed by atoms with Crippen LogP contribution in [-0.4, -0.2) is 39.0 Å². The van der Waals surface area contributed by atoms with Crippen LogP contribution in [0.2, 0.25) is 0 Å². The second-order valence-electron chi connectivity index (χ2n) is 5.49. The van der Waals surface area contributed by atoms with E-state index in [1.807, 2.05) is 6.08 Å². The molecular weight excluding hydrogens is 264 g/mol. The van der Waals surface area contributed by atoms with Gasteiger partial charge < -0.3 is 19.7 Å². The first-order chi connectivity index (χ1) is 10.2. The quantitative estimate of drug-likeness (QED) is 0.618. The monoisotopic (exact) mass is 290 g/mol. The molecule has 2 rings (SSSR count). The molecule has 0 saturated carbocycles.